The minimum Gasteiger partial charge on any atom is -0.246 e. The minimum atomic E-state index is -0.484. The van der Waals surface area contributed by atoms with Crippen molar-refractivity contribution in [3.8, 4) is 0 Å². The zero-order chi connectivity index (χ0) is 14.8. The van der Waals surface area contributed by atoms with E-state index in [-0.39, 0.29) is 5.82 Å². The maximum absolute atomic E-state index is 13.5. The van der Waals surface area contributed by atoms with E-state index < -0.39 is 5.41 Å². The van der Waals surface area contributed by atoms with Crippen molar-refractivity contribution in [3.63, 3.8) is 0 Å². The number of alkyl halides is 2. The maximum Gasteiger partial charge on any atom is 0.123 e. The SMILES string of the molecule is Cc1nc(CC(CCl)(CCl)c2cccc(F)c2)sc1C. The standard InChI is InChI=1S/C15H16Cl2FNS/c1-10-11(2)20-14(19-10)7-15(8-16,9-17)12-4-3-5-13(18)6-12/h3-6H,7-9H2,1-2H3. The van der Waals surface area contributed by atoms with E-state index in [2.05, 4.69) is 4.98 Å². The van der Waals surface area contributed by atoms with Crippen molar-refractivity contribution < 1.29 is 4.39 Å². The number of hydrogen-bond acceptors (Lipinski definition) is 2. The molecular formula is C15H16Cl2FNS. The van der Waals surface area contributed by atoms with Gasteiger partial charge in [0.25, 0.3) is 0 Å². The van der Waals surface area contributed by atoms with E-state index in [1.165, 1.54) is 17.0 Å². The summed E-state index contributed by atoms with van der Waals surface area (Å²) in [6.45, 7) is 4.03. The first kappa shape index (κ1) is 15.7. The first-order valence-electron chi connectivity index (χ1n) is 6.31. The van der Waals surface area contributed by atoms with Crippen molar-refractivity contribution in [2.75, 3.05) is 11.8 Å². The molecule has 2 aromatic rings. The number of aromatic nitrogens is 1. The van der Waals surface area contributed by atoms with Crippen molar-refractivity contribution in [1.82, 2.24) is 4.98 Å². The number of aryl methyl sites for hydroxylation is 2. The summed E-state index contributed by atoms with van der Waals surface area (Å²) in [6.07, 6.45) is 0.628. The second-order valence-corrected chi connectivity index (χ2v) is 6.81. The average Bonchev–Trinajstić information content (AvgIpc) is 2.75. The van der Waals surface area contributed by atoms with Crippen molar-refractivity contribution >= 4 is 34.5 Å². The van der Waals surface area contributed by atoms with Crippen LogP contribution in [0.25, 0.3) is 0 Å². The van der Waals surface area contributed by atoms with E-state index in [9.17, 15) is 4.39 Å². The van der Waals surface area contributed by atoms with E-state index >= 15 is 0 Å². The Morgan fingerprint density at radius 2 is 1.95 bits per heavy atom. The molecule has 2 rings (SSSR count). The number of halogens is 3. The molecule has 0 radical (unpaired) electrons. The predicted molar refractivity (Wildman–Crippen MR) is 84.8 cm³/mol. The highest BCUT2D eigenvalue weighted by molar-refractivity contribution is 7.11. The molecule has 0 aliphatic heterocycles. The van der Waals surface area contributed by atoms with E-state index in [1.54, 1.807) is 17.4 Å². The van der Waals surface area contributed by atoms with Gasteiger partial charge < -0.3 is 0 Å². The summed E-state index contributed by atoms with van der Waals surface area (Å²) < 4.78 is 13.5. The van der Waals surface area contributed by atoms with Crippen LogP contribution >= 0.6 is 34.5 Å². The van der Waals surface area contributed by atoms with Crippen molar-refractivity contribution in [2.45, 2.75) is 25.7 Å². The molecule has 0 bridgehead atoms. The smallest absolute Gasteiger partial charge is 0.123 e. The van der Waals surface area contributed by atoms with Crippen LogP contribution in [-0.4, -0.2) is 16.7 Å². The summed E-state index contributed by atoms with van der Waals surface area (Å²) in [7, 11) is 0. The Balaban J connectivity index is 2.39. The van der Waals surface area contributed by atoms with Crippen molar-refractivity contribution in [2.24, 2.45) is 0 Å². The van der Waals surface area contributed by atoms with Gasteiger partial charge in [-0.1, -0.05) is 12.1 Å². The monoisotopic (exact) mass is 331 g/mol. The number of hydrogen-bond donors (Lipinski definition) is 0. The summed E-state index contributed by atoms with van der Waals surface area (Å²) in [5, 5.41) is 0.991. The molecule has 0 spiro atoms. The van der Waals surface area contributed by atoms with Crippen molar-refractivity contribution in [1.29, 1.82) is 0 Å². The molecule has 0 amide bonds. The van der Waals surface area contributed by atoms with Crippen LogP contribution in [0.15, 0.2) is 24.3 Å². The number of rotatable bonds is 5. The molecule has 1 aromatic heterocycles. The largest absolute Gasteiger partial charge is 0.246 e. The van der Waals surface area contributed by atoms with Crippen LogP contribution in [0, 0.1) is 19.7 Å². The summed E-state index contributed by atoms with van der Waals surface area (Å²) in [5.74, 6) is 0.392. The fraction of sp³-hybridized carbons (Fsp3) is 0.400. The fourth-order valence-electron chi connectivity index (χ4n) is 2.11. The predicted octanol–water partition coefficient (Wildman–Crippen LogP) is 4.86. The Morgan fingerprint density at radius 3 is 2.45 bits per heavy atom. The Bertz CT molecular complexity index is 574. The first-order valence-corrected chi connectivity index (χ1v) is 8.20. The van der Waals surface area contributed by atoms with Crippen LogP contribution in [0.1, 0.15) is 21.1 Å². The Morgan fingerprint density at radius 1 is 1.25 bits per heavy atom. The number of benzene rings is 1. The molecular weight excluding hydrogens is 316 g/mol. The molecule has 1 nitrogen and oxygen atoms in total. The highest BCUT2D eigenvalue weighted by Gasteiger charge is 2.32. The van der Waals surface area contributed by atoms with Crippen LogP contribution in [0.3, 0.4) is 0 Å². The van der Waals surface area contributed by atoms with Gasteiger partial charge in [-0.15, -0.1) is 34.5 Å². The topological polar surface area (TPSA) is 12.9 Å². The highest BCUT2D eigenvalue weighted by Crippen LogP contribution is 2.33. The molecule has 1 heterocycles. The third-order valence-electron chi connectivity index (χ3n) is 3.51. The van der Waals surface area contributed by atoms with Gasteiger partial charge in [-0.05, 0) is 31.5 Å². The van der Waals surface area contributed by atoms with Gasteiger partial charge in [-0.3, -0.25) is 0 Å². The average molecular weight is 332 g/mol. The molecule has 0 saturated heterocycles. The van der Waals surface area contributed by atoms with Gasteiger partial charge in [-0.25, -0.2) is 9.37 Å². The van der Waals surface area contributed by atoms with Gasteiger partial charge in [-0.2, -0.15) is 0 Å². The Kier molecular flexibility index (Phi) is 5.05. The molecule has 0 aliphatic rings. The van der Waals surface area contributed by atoms with Gasteiger partial charge in [0.15, 0.2) is 0 Å². The quantitative estimate of drug-likeness (QED) is 0.713. The normalized spacial score (nSPS) is 11.8. The summed E-state index contributed by atoms with van der Waals surface area (Å²) in [6, 6.07) is 6.50. The Hall–Kier alpha value is -0.640. The molecule has 0 unspecified atom stereocenters. The van der Waals surface area contributed by atoms with Gasteiger partial charge >= 0.3 is 0 Å². The molecule has 1 aromatic carbocycles. The minimum absolute atomic E-state index is 0.270. The van der Waals surface area contributed by atoms with Crippen LogP contribution in [0.2, 0.25) is 0 Å². The van der Waals surface area contributed by atoms with E-state index in [0.29, 0.717) is 18.2 Å². The zero-order valence-electron chi connectivity index (χ0n) is 11.4. The molecule has 5 heteroatoms. The first-order chi connectivity index (χ1) is 9.50. The number of thiazole rings is 1. The zero-order valence-corrected chi connectivity index (χ0v) is 13.7. The van der Waals surface area contributed by atoms with Gasteiger partial charge in [0.1, 0.15) is 5.82 Å². The molecule has 0 fully saturated rings. The van der Waals surface area contributed by atoms with Crippen LogP contribution in [0.5, 0.6) is 0 Å². The van der Waals surface area contributed by atoms with Crippen LogP contribution in [-0.2, 0) is 11.8 Å². The summed E-state index contributed by atoms with van der Waals surface area (Å²) >= 11 is 14.0. The summed E-state index contributed by atoms with van der Waals surface area (Å²) in [5.41, 5.74) is 1.37. The lowest BCUT2D eigenvalue weighted by molar-refractivity contribution is 0.526. The molecule has 108 valence electrons. The fourth-order valence-corrected chi connectivity index (χ4v) is 3.97. The summed E-state index contributed by atoms with van der Waals surface area (Å²) in [4.78, 5) is 5.74. The molecule has 0 N–H and O–H groups in total. The third kappa shape index (κ3) is 3.16. The maximum atomic E-state index is 13.5. The lowest BCUT2D eigenvalue weighted by atomic mass is 9.81. The van der Waals surface area contributed by atoms with Gasteiger partial charge in [0, 0.05) is 28.5 Å². The highest BCUT2D eigenvalue weighted by atomic mass is 35.5. The van der Waals surface area contributed by atoms with Crippen LogP contribution in [0.4, 0.5) is 4.39 Å². The van der Waals surface area contributed by atoms with Gasteiger partial charge in [0.2, 0.25) is 0 Å². The van der Waals surface area contributed by atoms with Crippen molar-refractivity contribution in [3.05, 3.63) is 51.2 Å². The van der Waals surface area contributed by atoms with Gasteiger partial charge in [0.05, 0.1) is 10.7 Å². The van der Waals surface area contributed by atoms with E-state index in [4.69, 9.17) is 23.2 Å². The lowest BCUT2D eigenvalue weighted by Gasteiger charge is -2.29. The lowest BCUT2D eigenvalue weighted by Crippen LogP contribution is -2.33. The van der Waals surface area contributed by atoms with E-state index in [0.717, 1.165) is 16.3 Å². The molecule has 0 atom stereocenters. The van der Waals surface area contributed by atoms with Crippen LogP contribution < -0.4 is 0 Å². The molecule has 0 saturated carbocycles. The Labute approximate surface area is 132 Å². The molecule has 0 aliphatic carbocycles. The second-order valence-electron chi connectivity index (χ2n) is 4.98. The molecule has 20 heavy (non-hydrogen) atoms. The van der Waals surface area contributed by atoms with E-state index in [1.807, 2.05) is 19.9 Å². The second kappa shape index (κ2) is 6.42. The number of nitrogens with zero attached hydrogens (tertiary/aromatic N) is 1. The third-order valence-corrected chi connectivity index (χ3v) is 5.61.